The number of hydrogen-bond acceptors (Lipinski definition) is 2. The van der Waals surface area contributed by atoms with Crippen molar-refractivity contribution in [2.24, 2.45) is 0 Å². The zero-order valence-corrected chi connectivity index (χ0v) is 12.9. The van der Waals surface area contributed by atoms with Crippen LogP contribution in [0.15, 0.2) is 41.3 Å². The fourth-order valence-electron chi connectivity index (χ4n) is 2.31. The van der Waals surface area contributed by atoms with E-state index in [0.717, 1.165) is 17.5 Å². The van der Waals surface area contributed by atoms with E-state index in [2.05, 4.69) is 40.8 Å². The predicted octanol–water partition coefficient (Wildman–Crippen LogP) is 3.79. The number of fused-ring (bicyclic) bond motifs is 3. The third-order valence-electron chi connectivity index (χ3n) is 3.10. The second-order valence-corrected chi connectivity index (χ2v) is 8.05. The minimum absolute atomic E-state index is 0.172. The van der Waals surface area contributed by atoms with Gasteiger partial charge in [-0.25, -0.2) is 8.42 Å². The second-order valence-electron chi connectivity index (χ2n) is 4.24. The van der Waals surface area contributed by atoms with E-state index in [4.69, 9.17) is 10.7 Å². The lowest BCUT2D eigenvalue weighted by atomic mass is 10.1. The van der Waals surface area contributed by atoms with Crippen LogP contribution in [-0.4, -0.2) is 8.42 Å². The van der Waals surface area contributed by atoms with Gasteiger partial charge < -0.3 is 0 Å². The average Bonchev–Trinajstić information content (AvgIpc) is 2.63. The molecule has 0 atom stereocenters. The fourth-order valence-corrected chi connectivity index (χ4v) is 3.66. The van der Waals surface area contributed by atoms with Gasteiger partial charge in [-0.3, -0.25) is 0 Å². The van der Waals surface area contributed by atoms with Crippen LogP contribution >= 0.6 is 33.3 Å². The van der Waals surface area contributed by atoms with E-state index in [1.165, 1.54) is 14.7 Å². The van der Waals surface area contributed by atoms with Crippen molar-refractivity contribution < 1.29 is 8.42 Å². The molecule has 0 spiro atoms. The van der Waals surface area contributed by atoms with Crippen LogP contribution in [0.2, 0.25) is 0 Å². The van der Waals surface area contributed by atoms with Gasteiger partial charge >= 0.3 is 0 Å². The van der Waals surface area contributed by atoms with Gasteiger partial charge in [0.15, 0.2) is 0 Å². The molecule has 0 heterocycles. The van der Waals surface area contributed by atoms with Crippen LogP contribution in [0.3, 0.4) is 0 Å². The molecule has 0 saturated carbocycles. The Morgan fingerprint density at radius 2 is 1.61 bits per heavy atom. The summed E-state index contributed by atoms with van der Waals surface area (Å²) in [5.41, 5.74) is 4.55. The molecule has 3 rings (SSSR count). The molecule has 1 aliphatic rings. The largest absolute Gasteiger partial charge is 0.261 e. The molecular weight excluding hydrogens is 383 g/mol. The summed E-state index contributed by atoms with van der Waals surface area (Å²) in [6.45, 7) is 0. The molecule has 0 fully saturated rings. The Hall–Kier alpha value is -0.590. The molecule has 0 unspecified atom stereocenters. The summed E-state index contributed by atoms with van der Waals surface area (Å²) in [4.78, 5) is 0.172. The van der Waals surface area contributed by atoms with E-state index < -0.39 is 9.05 Å². The molecule has 0 N–H and O–H groups in total. The van der Waals surface area contributed by atoms with Crippen LogP contribution in [-0.2, 0) is 15.5 Å². The maximum atomic E-state index is 11.3. The third-order valence-corrected chi connectivity index (χ3v) is 5.12. The fraction of sp³-hybridized carbons (Fsp3) is 0.0769. The highest BCUT2D eigenvalue weighted by molar-refractivity contribution is 14.1. The molecular formula is C13H8ClIO2S. The van der Waals surface area contributed by atoms with Gasteiger partial charge in [0.1, 0.15) is 0 Å². The topological polar surface area (TPSA) is 34.1 Å². The summed E-state index contributed by atoms with van der Waals surface area (Å²) in [5, 5.41) is 0. The van der Waals surface area contributed by atoms with Gasteiger partial charge in [-0.05, 0) is 75.5 Å². The molecule has 1 aliphatic carbocycles. The first-order valence-electron chi connectivity index (χ1n) is 5.31. The highest BCUT2D eigenvalue weighted by Gasteiger charge is 2.21. The molecule has 0 saturated heterocycles. The van der Waals surface area contributed by atoms with Gasteiger partial charge in [0.2, 0.25) is 0 Å². The maximum Gasteiger partial charge on any atom is 0.261 e. The van der Waals surface area contributed by atoms with Gasteiger partial charge in [-0.1, -0.05) is 12.1 Å². The Balaban J connectivity index is 2.18. The van der Waals surface area contributed by atoms with E-state index >= 15 is 0 Å². The smallest absolute Gasteiger partial charge is 0.207 e. The summed E-state index contributed by atoms with van der Waals surface area (Å²) in [7, 11) is 1.72. The summed E-state index contributed by atoms with van der Waals surface area (Å²) in [6.07, 6.45) is 0.766. The van der Waals surface area contributed by atoms with Crippen LogP contribution in [0.5, 0.6) is 0 Å². The Bertz CT molecular complexity index is 754. The number of hydrogen-bond donors (Lipinski definition) is 0. The SMILES string of the molecule is O=S(=O)(Cl)c1ccc2c(c1)Cc1cc(I)ccc1-2. The molecule has 2 aromatic carbocycles. The Kier molecular flexibility index (Phi) is 2.91. The summed E-state index contributed by atoms with van der Waals surface area (Å²) >= 11 is 2.28. The first kappa shape index (κ1) is 12.4. The van der Waals surface area contributed by atoms with E-state index in [1.807, 2.05) is 6.07 Å². The normalized spacial score (nSPS) is 13.2. The van der Waals surface area contributed by atoms with E-state index in [1.54, 1.807) is 12.1 Å². The van der Waals surface area contributed by atoms with Crippen LogP contribution in [0.25, 0.3) is 11.1 Å². The van der Waals surface area contributed by atoms with Crippen LogP contribution in [0.4, 0.5) is 0 Å². The molecule has 0 radical (unpaired) electrons. The van der Waals surface area contributed by atoms with Gasteiger partial charge in [-0.15, -0.1) is 0 Å². The molecule has 0 aliphatic heterocycles. The van der Waals surface area contributed by atoms with Crippen LogP contribution < -0.4 is 0 Å². The van der Waals surface area contributed by atoms with Crippen molar-refractivity contribution in [1.29, 1.82) is 0 Å². The molecule has 5 heteroatoms. The zero-order chi connectivity index (χ0) is 12.9. The van der Waals surface area contributed by atoms with Crippen LogP contribution in [0.1, 0.15) is 11.1 Å². The third kappa shape index (κ3) is 2.06. The standard InChI is InChI=1S/C13H8ClIO2S/c14-18(16,17)11-2-4-13-9(7-11)5-8-6-10(15)1-3-12(8)13/h1-4,6-7H,5H2. The zero-order valence-electron chi connectivity index (χ0n) is 9.15. The minimum atomic E-state index is -3.65. The first-order chi connectivity index (χ1) is 8.45. The molecule has 0 bridgehead atoms. The molecule has 0 amide bonds. The number of halogens is 2. The van der Waals surface area contributed by atoms with Crippen molar-refractivity contribution in [1.82, 2.24) is 0 Å². The number of rotatable bonds is 1. The van der Waals surface area contributed by atoms with Crippen molar-refractivity contribution in [2.75, 3.05) is 0 Å². The Morgan fingerprint density at radius 1 is 1.00 bits per heavy atom. The Labute approximate surface area is 124 Å². The van der Waals surface area contributed by atoms with E-state index in [0.29, 0.717) is 0 Å². The Morgan fingerprint density at radius 3 is 2.28 bits per heavy atom. The highest BCUT2D eigenvalue weighted by atomic mass is 127. The second kappa shape index (κ2) is 4.21. The lowest BCUT2D eigenvalue weighted by molar-refractivity contribution is 0.609. The van der Waals surface area contributed by atoms with Gasteiger partial charge in [-0.2, -0.15) is 0 Å². The first-order valence-corrected chi connectivity index (χ1v) is 8.70. The number of benzene rings is 2. The average molecular weight is 391 g/mol. The maximum absolute atomic E-state index is 11.3. The molecule has 18 heavy (non-hydrogen) atoms. The van der Waals surface area contributed by atoms with Crippen molar-refractivity contribution in [3.05, 3.63) is 51.1 Å². The lowest BCUT2D eigenvalue weighted by Gasteiger charge is -2.02. The molecule has 2 aromatic rings. The molecule has 0 aromatic heterocycles. The van der Waals surface area contributed by atoms with Crippen LogP contribution in [0, 0.1) is 3.57 Å². The van der Waals surface area contributed by atoms with Crippen molar-refractivity contribution in [2.45, 2.75) is 11.3 Å². The van der Waals surface area contributed by atoms with Crippen molar-refractivity contribution >= 4 is 42.3 Å². The van der Waals surface area contributed by atoms with Gasteiger partial charge in [0, 0.05) is 14.3 Å². The van der Waals surface area contributed by atoms with Gasteiger partial charge in [0.25, 0.3) is 9.05 Å². The minimum Gasteiger partial charge on any atom is -0.207 e. The monoisotopic (exact) mass is 390 g/mol. The summed E-state index contributed by atoms with van der Waals surface area (Å²) in [6, 6.07) is 11.3. The van der Waals surface area contributed by atoms with Crippen molar-refractivity contribution in [3.63, 3.8) is 0 Å². The van der Waals surface area contributed by atoms with Crippen molar-refractivity contribution in [3.8, 4) is 11.1 Å². The predicted molar refractivity (Wildman–Crippen MR) is 80.4 cm³/mol. The quantitative estimate of drug-likeness (QED) is 0.468. The molecule has 92 valence electrons. The molecule has 2 nitrogen and oxygen atoms in total. The lowest BCUT2D eigenvalue weighted by Crippen LogP contribution is -1.92. The van der Waals surface area contributed by atoms with Gasteiger partial charge in [0.05, 0.1) is 4.90 Å². The highest BCUT2D eigenvalue weighted by Crippen LogP contribution is 2.38. The van der Waals surface area contributed by atoms with E-state index in [-0.39, 0.29) is 4.90 Å². The summed E-state index contributed by atoms with van der Waals surface area (Å²) in [5.74, 6) is 0. The van der Waals surface area contributed by atoms with E-state index in [9.17, 15) is 8.42 Å². The summed E-state index contributed by atoms with van der Waals surface area (Å²) < 4.78 is 23.8.